The van der Waals surface area contributed by atoms with Crippen LogP contribution in [0.15, 0.2) is 62.2 Å². The second-order valence-corrected chi connectivity index (χ2v) is 14.9. The highest BCUT2D eigenvalue weighted by Gasteiger charge is 2.28. The van der Waals surface area contributed by atoms with Crippen LogP contribution in [0.1, 0.15) is 76.3 Å². The van der Waals surface area contributed by atoms with Crippen LogP contribution in [-0.4, -0.2) is 47.8 Å². The summed E-state index contributed by atoms with van der Waals surface area (Å²) >= 11 is 0. The minimum atomic E-state index is -0.582. The first-order chi connectivity index (χ1) is 19.1. The van der Waals surface area contributed by atoms with Crippen molar-refractivity contribution in [3.8, 4) is 5.75 Å². The Morgan fingerprint density at radius 1 is 0.872 bits per heavy atom. The molecule has 214 valence electrons. The average Bonchev–Trinajstić information content (AvgIpc) is 3.62. The Bertz CT molecular complexity index is 1150. The summed E-state index contributed by atoms with van der Waals surface area (Å²) in [6.45, 7) is 6.79. The van der Waals surface area contributed by atoms with Crippen LogP contribution in [0.3, 0.4) is 0 Å². The van der Waals surface area contributed by atoms with E-state index in [4.69, 9.17) is 19.5 Å². The molecule has 0 N–H and O–H groups in total. The van der Waals surface area contributed by atoms with Gasteiger partial charge in [0.05, 0.1) is 23.6 Å². The Labute approximate surface area is 240 Å². The summed E-state index contributed by atoms with van der Waals surface area (Å²) in [5.41, 5.74) is 2.08. The van der Waals surface area contributed by atoms with Crippen LogP contribution in [0.5, 0.6) is 5.75 Å². The molecule has 0 fully saturated rings. The van der Waals surface area contributed by atoms with Gasteiger partial charge in [0.25, 0.3) is 0 Å². The van der Waals surface area contributed by atoms with Gasteiger partial charge >= 0.3 is 5.97 Å². The summed E-state index contributed by atoms with van der Waals surface area (Å²) < 4.78 is 11.8. The molecule has 0 aliphatic carbocycles. The van der Waals surface area contributed by atoms with Gasteiger partial charge in [0, 0.05) is 35.1 Å². The molecule has 2 aromatic rings. The van der Waals surface area contributed by atoms with Crippen LogP contribution >= 0.6 is 21.8 Å². The topological polar surface area (TPSA) is 60.2 Å². The molecule has 2 unspecified atom stereocenters. The van der Waals surface area contributed by atoms with Gasteiger partial charge in [-0.15, -0.1) is 0 Å². The third kappa shape index (κ3) is 8.14. The van der Waals surface area contributed by atoms with Gasteiger partial charge in [-0.1, -0.05) is 69.9 Å². The number of methoxy groups -OCH3 is 1. The fourth-order valence-corrected chi connectivity index (χ4v) is 10.3. The number of hydrogen-bond donors (Lipinski definition) is 2. The van der Waals surface area contributed by atoms with Crippen molar-refractivity contribution >= 4 is 37.8 Å². The monoisotopic (exact) mass is 570 g/mol. The van der Waals surface area contributed by atoms with Gasteiger partial charge in [0.1, 0.15) is 12.4 Å². The molecule has 4 rings (SSSR count). The molecule has 0 aromatic heterocycles. The number of benzene rings is 2. The van der Waals surface area contributed by atoms with E-state index in [1.54, 1.807) is 0 Å². The van der Waals surface area contributed by atoms with Crippen molar-refractivity contribution in [2.24, 2.45) is 9.98 Å². The van der Waals surface area contributed by atoms with Crippen LogP contribution in [0, 0.1) is 0 Å². The number of carbonyl (C=O) groups is 1. The summed E-state index contributed by atoms with van der Waals surface area (Å²) in [7, 11) is 0.410. The maximum absolute atomic E-state index is 12.6. The van der Waals surface area contributed by atoms with Crippen molar-refractivity contribution in [2.45, 2.75) is 88.0 Å². The summed E-state index contributed by atoms with van der Waals surface area (Å²) in [5.74, 6) is 2.82. The van der Waals surface area contributed by atoms with Crippen molar-refractivity contribution in [3.05, 3.63) is 53.6 Å². The van der Waals surface area contributed by atoms with E-state index in [1.165, 1.54) is 65.5 Å². The standard InChI is InChI=1S/C32H46N2O3S2/c1-4-6-9-15-29-33-17-19-38(29)27-21-26(22-31(35)36-3)32(37-24-25-13-11-8-12-14-25)28(23-27)39-20-18-34-30(39)16-10-7-5-2/h8,11-14,21,23,38-39H,4-7,9-10,15-20,22,24H2,1-3H3. The molecule has 0 amide bonds. The van der Waals surface area contributed by atoms with Gasteiger partial charge in [-0.3, -0.25) is 14.8 Å². The largest absolute Gasteiger partial charge is 0.487 e. The minimum absolute atomic E-state index is 0.221. The molecular formula is C32H46N2O3S2. The van der Waals surface area contributed by atoms with Crippen molar-refractivity contribution in [2.75, 3.05) is 31.7 Å². The summed E-state index contributed by atoms with van der Waals surface area (Å²) in [6.07, 6.45) is 9.67. The van der Waals surface area contributed by atoms with E-state index in [1.807, 2.05) is 18.2 Å². The van der Waals surface area contributed by atoms with E-state index < -0.39 is 21.8 Å². The van der Waals surface area contributed by atoms with Gasteiger partial charge in [0.2, 0.25) is 0 Å². The zero-order valence-corrected chi connectivity index (χ0v) is 25.7. The highest BCUT2D eigenvalue weighted by atomic mass is 32.2. The number of aliphatic imine (C=N–C) groups is 2. The Morgan fingerprint density at radius 3 is 2.15 bits per heavy atom. The third-order valence-electron chi connectivity index (χ3n) is 7.39. The normalized spacial score (nSPS) is 20.5. The Morgan fingerprint density at radius 2 is 1.51 bits per heavy atom. The van der Waals surface area contributed by atoms with Crippen molar-refractivity contribution in [3.63, 3.8) is 0 Å². The van der Waals surface area contributed by atoms with Crippen LogP contribution in [0.25, 0.3) is 0 Å². The minimum Gasteiger partial charge on any atom is -0.487 e. The van der Waals surface area contributed by atoms with Crippen LogP contribution < -0.4 is 4.74 Å². The molecule has 2 atom stereocenters. The molecule has 2 aliphatic rings. The molecule has 0 spiro atoms. The molecule has 0 bridgehead atoms. The van der Waals surface area contributed by atoms with Crippen LogP contribution in [-0.2, 0) is 22.6 Å². The summed E-state index contributed by atoms with van der Waals surface area (Å²) in [5, 5.41) is 2.75. The lowest BCUT2D eigenvalue weighted by Gasteiger charge is -2.27. The van der Waals surface area contributed by atoms with Gasteiger partial charge in [-0.25, -0.2) is 0 Å². The molecule has 39 heavy (non-hydrogen) atoms. The number of nitrogens with zero attached hydrogens (tertiary/aromatic N) is 2. The van der Waals surface area contributed by atoms with Crippen LogP contribution in [0.4, 0.5) is 0 Å². The van der Waals surface area contributed by atoms with E-state index in [0.29, 0.717) is 6.61 Å². The molecule has 0 saturated carbocycles. The smallest absolute Gasteiger partial charge is 0.310 e. The van der Waals surface area contributed by atoms with Gasteiger partial charge < -0.3 is 9.47 Å². The SMILES string of the molecule is CCCCCC1=NCC[SH]1c1cc(CC(=O)OC)c(OCc2ccccc2)c([SH]2CCN=C2CCCCC)c1. The van der Waals surface area contributed by atoms with Crippen molar-refractivity contribution < 1.29 is 14.3 Å². The van der Waals surface area contributed by atoms with Crippen molar-refractivity contribution in [1.29, 1.82) is 0 Å². The number of hydrogen-bond acceptors (Lipinski definition) is 5. The predicted octanol–water partition coefficient (Wildman–Crippen LogP) is 7.69. The molecular weight excluding hydrogens is 524 g/mol. The highest BCUT2D eigenvalue weighted by molar-refractivity contribution is 8.31. The maximum atomic E-state index is 12.6. The first-order valence-corrected chi connectivity index (χ1v) is 17.7. The van der Waals surface area contributed by atoms with Gasteiger partial charge in [-0.2, -0.15) is 21.8 Å². The second-order valence-electron chi connectivity index (χ2n) is 10.3. The lowest BCUT2D eigenvalue weighted by Crippen LogP contribution is -2.11. The zero-order valence-electron chi connectivity index (χ0n) is 24.0. The molecule has 5 nitrogen and oxygen atoms in total. The number of ether oxygens (including phenoxy) is 2. The molecule has 0 radical (unpaired) electrons. The molecule has 2 aromatic carbocycles. The third-order valence-corrected chi connectivity index (χ3v) is 12.5. The highest BCUT2D eigenvalue weighted by Crippen LogP contribution is 2.53. The fourth-order valence-electron chi connectivity index (χ4n) is 5.29. The fraction of sp³-hybridized carbons (Fsp3) is 0.531. The Balaban J connectivity index is 1.74. The van der Waals surface area contributed by atoms with Gasteiger partial charge in [0.15, 0.2) is 0 Å². The number of rotatable bonds is 15. The summed E-state index contributed by atoms with van der Waals surface area (Å²) in [6, 6.07) is 15.0. The van der Waals surface area contributed by atoms with E-state index in [0.717, 1.165) is 54.3 Å². The zero-order chi connectivity index (χ0) is 27.5. The molecule has 7 heteroatoms. The maximum Gasteiger partial charge on any atom is 0.310 e. The summed E-state index contributed by atoms with van der Waals surface area (Å²) in [4.78, 5) is 25.2. The number of carbonyl (C=O) groups excluding carboxylic acids is 1. The Kier molecular flexibility index (Phi) is 11.8. The van der Waals surface area contributed by atoms with E-state index in [-0.39, 0.29) is 12.4 Å². The molecule has 2 heterocycles. The van der Waals surface area contributed by atoms with E-state index in [9.17, 15) is 4.79 Å². The second kappa shape index (κ2) is 15.5. The average molecular weight is 571 g/mol. The Hall–Kier alpha value is -2.25. The van der Waals surface area contributed by atoms with E-state index in [2.05, 4.69) is 38.1 Å². The van der Waals surface area contributed by atoms with Crippen LogP contribution in [0.2, 0.25) is 0 Å². The number of thiol groups is 2. The molecule has 2 aliphatic heterocycles. The van der Waals surface area contributed by atoms with Gasteiger partial charge in [-0.05, 0) is 48.3 Å². The molecule has 0 saturated heterocycles. The first kappa shape index (κ1) is 29.7. The predicted molar refractivity (Wildman–Crippen MR) is 170 cm³/mol. The lowest BCUT2D eigenvalue weighted by molar-refractivity contribution is -0.139. The number of unbranched alkanes of at least 4 members (excludes halogenated alkanes) is 4. The number of esters is 1. The first-order valence-electron chi connectivity index (χ1n) is 14.7. The lowest BCUT2D eigenvalue weighted by atomic mass is 10.1. The quantitative estimate of drug-likeness (QED) is 0.131. The van der Waals surface area contributed by atoms with E-state index >= 15 is 0 Å². The van der Waals surface area contributed by atoms with Crippen molar-refractivity contribution in [1.82, 2.24) is 0 Å².